The molecule has 1 aromatic heterocycles. The fourth-order valence-electron chi connectivity index (χ4n) is 2.26. The Kier molecular flexibility index (Phi) is 6.99. The van der Waals surface area contributed by atoms with E-state index in [0.717, 1.165) is 6.26 Å². The van der Waals surface area contributed by atoms with Gasteiger partial charge >= 0.3 is 0 Å². The number of hydrogen-bond acceptors (Lipinski definition) is 8. The number of Topliss-reactive ketones (excluding diaryl/α,β-unsaturated/α-hetero) is 1. The van der Waals surface area contributed by atoms with Gasteiger partial charge in [0.05, 0.1) is 12.3 Å². The SMILES string of the molecule is CC[C@H](NC(=O)CN=C(C)NS(C)(=O)=O)C(=O)c1nc(-c2ccccc2)no1. The Morgan fingerprint density at radius 1 is 1.25 bits per heavy atom. The van der Waals surface area contributed by atoms with Crippen LogP contribution in [0.1, 0.15) is 31.0 Å². The van der Waals surface area contributed by atoms with Crippen molar-refractivity contribution >= 4 is 27.5 Å². The van der Waals surface area contributed by atoms with E-state index in [-0.39, 0.29) is 24.1 Å². The average Bonchev–Trinajstić information content (AvgIpc) is 3.13. The normalized spacial score (nSPS) is 13.0. The molecule has 2 rings (SSSR count). The van der Waals surface area contributed by atoms with Crippen LogP contribution in [-0.2, 0) is 14.8 Å². The smallest absolute Gasteiger partial charge is 0.296 e. The van der Waals surface area contributed by atoms with Gasteiger partial charge in [-0.25, -0.2) is 8.42 Å². The van der Waals surface area contributed by atoms with Crippen molar-refractivity contribution in [3.05, 3.63) is 36.2 Å². The third-order valence-electron chi connectivity index (χ3n) is 3.52. The molecule has 150 valence electrons. The third kappa shape index (κ3) is 6.27. The van der Waals surface area contributed by atoms with Crippen LogP contribution < -0.4 is 10.0 Å². The zero-order valence-electron chi connectivity index (χ0n) is 15.7. The Morgan fingerprint density at radius 3 is 2.54 bits per heavy atom. The van der Waals surface area contributed by atoms with Crippen LogP contribution in [0.25, 0.3) is 11.4 Å². The first-order chi connectivity index (χ1) is 13.2. The number of aromatic nitrogens is 2. The summed E-state index contributed by atoms with van der Waals surface area (Å²) in [7, 11) is -3.46. The lowest BCUT2D eigenvalue weighted by molar-refractivity contribution is -0.120. The summed E-state index contributed by atoms with van der Waals surface area (Å²) in [4.78, 5) is 32.5. The quantitative estimate of drug-likeness (QED) is 0.374. The Hall–Kier alpha value is -3.08. The standard InChI is InChI=1S/C17H21N5O5S/c1-4-13(19-14(23)10-18-11(2)22-28(3,25)26)15(24)17-20-16(21-27-17)12-8-6-5-7-9-12/h5-9,13H,4,10H2,1-3H3,(H,18,22)(H,19,23)/t13-/m0/s1. The number of nitrogens with one attached hydrogen (secondary N) is 2. The number of benzene rings is 1. The Balaban J connectivity index is 2.01. The van der Waals surface area contributed by atoms with Crippen molar-refractivity contribution in [2.45, 2.75) is 26.3 Å². The molecule has 1 heterocycles. The molecule has 0 fully saturated rings. The maximum Gasteiger partial charge on any atom is 0.296 e. The van der Waals surface area contributed by atoms with E-state index in [1.165, 1.54) is 6.92 Å². The molecule has 0 aliphatic rings. The molecule has 0 aliphatic carbocycles. The van der Waals surface area contributed by atoms with E-state index in [2.05, 4.69) is 25.2 Å². The number of amides is 1. The zero-order valence-corrected chi connectivity index (χ0v) is 16.5. The maximum absolute atomic E-state index is 12.5. The van der Waals surface area contributed by atoms with Crippen molar-refractivity contribution in [3.63, 3.8) is 0 Å². The minimum absolute atomic E-state index is 0.0708. The lowest BCUT2D eigenvalue weighted by Crippen LogP contribution is -2.42. The van der Waals surface area contributed by atoms with E-state index in [9.17, 15) is 18.0 Å². The average molecular weight is 407 g/mol. The summed E-state index contributed by atoms with van der Waals surface area (Å²) in [5.41, 5.74) is 0.700. The number of carbonyl (C=O) groups excluding carboxylic acids is 2. The summed E-state index contributed by atoms with van der Waals surface area (Å²) in [6, 6.07) is 8.15. The second-order valence-corrected chi connectivity index (χ2v) is 7.71. The summed E-state index contributed by atoms with van der Waals surface area (Å²) >= 11 is 0. The highest BCUT2D eigenvalue weighted by molar-refractivity contribution is 7.89. The molecule has 2 N–H and O–H groups in total. The first-order valence-electron chi connectivity index (χ1n) is 8.41. The number of carbonyl (C=O) groups is 2. The molecule has 0 bridgehead atoms. The van der Waals surface area contributed by atoms with Crippen LogP contribution in [0.5, 0.6) is 0 Å². The fourth-order valence-corrected chi connectivity index (χ4v) is 2.86. The van der Waals surface area contributed by atoms with Gasteiger partial charge in [-0.2, -0.15) is 4.98 Å². The second kappa shape index (κ2) is 9.22. The van der Waals surface area contributed by atoms with Gasteiger partial charge < -0.3 is 9.84 Å². The summed E-state index contributed by atoms with van der Waals surface area (Å²) in [5, 5.41) is 6.32. The molecular formula is C17H21N5O5S. The number of nitrogens with zero attached hydrogens (tertiary/aromatic N) is 3. The molecule has 0 saturated heterocycles. The van der Waals surface area contributed by atoms with Gasteiger partial charge in [-0.3, -0.25) is 19.3 Å². The van der Waals surface area contributed by atoms with Gasteiger partial charge in [0, 0.05) is 5.56 Å². The first-order valence-corrected chi connectivity index (χ1v) is 10.3. The summed E-state index contributed by atoms with van der Waals surface area (Å²) in [6.07, 6.45) is 1.28. The zero-order chi connectivity index (χ0) is 20.7. The monoisotopic (exact) mass is 407 g/mol. The predicted octanol–water partition coefficient (Wildman–Crippen LogP) is 0.782. The van der Waals surface area contributed by atoms with Crippen LogP contribution in [0.2, 0.25) is 0 Å². The van der Waals surface area contributed by atoms with E-state index < -0.39 is 27.8 Å². The molecule has 0 saturated carbocycles. The van der Waals surface area contributed by atoms with Crippen molar-refractivity contribution in [2.24, 2.45) is 4.99 Å². The fraction of sp³-hybridized carbons (Fsp3) is 0.353. The Morgan fingerprint density at radius 2 is 1.93 bits per heavy atom. The van der Waals surface area contributed by atoms with E-state index in [1.807, 2.05) is 18.2 Å². The van der Waals surface area contributed by atoms with Crippen molar-refractivity contribution in [2.75, 3.05) is 12.8 Å². The molecule has 28 heavy (non-hydrogen) atoms. The highest BCUT2D eigenvalue weighted by atomic mass is 32.2. The van der Waals surface area contributed by atoms with Crippen LogP contribution in [0.4, 0.5) is 0 Å². The van der Waals surface area contributed by atoms with Crippen molar-refractivity contribution in [3.8, 4) is 11.4 Å². The summed E-state index contributed by atoms with van der Waals surface area (Å²) in [6.45, 7) is 2.80. The molecule has 0 unspecified atom stereocenters. The van der Waals surface area contributed by atoms with Crippen molar-refractivity contribution in [1.82, 2.24) is 20.2 Å². The van der Waals surface area contributed by atoms with Gasteiger partial charge in [0.2, 0.25) is 27.5 Å². The van der Waals surface area contributed by atoms with Gasteiger partial charge in [0.15, 0.2) is 0 Å². The molecule has 1 aromatic carbocycles. The van der Waals surface area contributed by atoms with Crippen LogP contribution >= 0.6 is 0 Å². The number of rotatable bonds is 8. The Bertz CT molecular complexity index is 969. The third-order valence-corrected chi connectivity index (χ3v) is 4.19. The van der Waals surface area contributed by atoms with Crippen molar-refractivity contribution < 1.29 is 22.5 Å². The molecule has 10 nitrogen and oxygen atoms in total. The van der Waals surface area contributed by atoms with E-state index in [4.69, 9.17) is 4.52 Å². The van der Waals surface area contributed by atoms with Crippen molar-refractivity contribution in [1.29, 1.82) is 0 Å². The van der Waals surface area contributed by atoms with E-state index in [0.29, 0.717) is 12.0 Å². The molecule has 11 heteroatoms. The minimum Gasteiger partial charge on any atom is -0.344 e. The van der Waals surface area contributed by atoms with Crippen LogP contribution in [0.15, 0.2) is 39.8 Å². The van der Waals surface area contributed by atoms with Crippen LogP contribution in [0, 0.1) is 0 Å². The summed E-state index contributed by atoms with van der Waals surface area (Å²) < 4.78 is 29.4. The Labute approximate surface area is 162 Å². The largest absolute Gasteiger partial charge is 0.344 e. The number of hydrogen-bond donors (Lipinski definition) is 2. The van der Waals surface area contributed by atoms with Crippen LogP contribution in [-0.4, -0.2) is 54.9 Å². The minimum atomic E-state index is -3.46. The highest BCUT2D eigenvalue weighted by Crippen LogP contribution is 2.15. The van der Waals surface area contributed by atoms with Gasteiger partial charge in [0.25, 0.3) is 5.89 Å². The summed E-state index contributed by atoms with van der Waals surface area (Å²) in [5.74, 6) is -0.916. The number of amidine groups is 1. The second-order valence-electron chi connectivity index (χ2n) is 5.96. The molecule has 1 amide bonds. The lowest BCUT2D eigenvalue weighted by Gasteiger charge is -2.13. The van der Waals surface area contributed by atoms with Gasteiger partial charge in [-0.05, 0) is 13.3 Å². The highest BCUT2D eigenvalue weighted by Gasteiger charge is 2.25. The predicted molar refractivity (Wildman–Crippen MR) is 102 cm³/mol. The van der Waals surface area contributed by atoms with E-state index >= 15 is 0 Å². The maximum atomic E-state index is 12.5. The molecule has 0 radical (unpaired) electrons. The van der Waals surface area contributed by atoms with Crippen LogP contribution in [0.3, 0.4) is 0 Å². The number of sulfonamides is 1. The van der Waals surface area contributed by atoms with E-state index in [1.54, 1.807) is 19.1 Å². The molecule has 0 aliphatic heterocycles. The molecule has 0 spiro atoms. The molecule has 2 aromatic rings. The first kappa shape index (κ1) is 21.2. The number of ketones is 1. The molecule has 1 atom stereocenters. The topological polar surface area (TPSA) is 144 Å². The number of aliphatic imine (C=N–C) groups is 1. The van der Waals surface area contributed by atoms with Gasteiger partial charge in [-0.15, -0.1) is 0 Å². The molecular weight excluding hydrogens is 386 g/mol. The lowest BCUT2D eigenvalue weighted by atomic mass is 10.1. The van der Waals surface area contributed by atoms with Gasteiger partial charge in [0.1, 0.15) is 12.4 Å². The van der Waals surface area contributed by atoms with Gasteiger partial charge in [-0.1, -0.05) is 42.4 Å².